The molecular formula is C9H9ClN4. The fourth-order valence-corrected chi connectivity index (χ4v) is 1.42. The number of aryl methyl sites for hydroxylation is 1. The smallest absolute Gasteiger partial charge is 0.156 e. The molecule has 0 aliphatic carbocycles. The third-order valence-corrected chi connectivity index (χ3v) is 2.39. The van der Waals surface area contributed by atoms with E-state index in [1.165, 1.54) is 0 Å². The second-order valence-electron chi connectivity index (χ2n) is 2.95. The molecule has 0 atom stereocenters. The minimum Gasteiger partial charge on any atom is -0.330 e. The molecule has 0 spiro atoms. The van der Waals surface area contributed by atoms with Gasteiger partial charge in [0, 0.05) is 19.4 Å². The monoisotopic (exact) mass is 208 g/mol. The molecule has 2 rings (SSSR count). The van der Waals surface area contributed by atoms with E-state index in [9.17, 15) is 0 Å². The van der Waals surface area contributed by atoms with E-state index in [1.807, 2.05) is 18.5 Å². The van der Waals surface area contributed by atoms with Crippen LogP contribution in [-0.2, 0) is 7.05 Å². The van der Waals surface area contributed by atoms with Crippen LogP contribution in [0.1, 0.15) is 5.82 Å². The van der Waals surface area contributed by atoms with Gasteiger partial charge < -0.3 is 4.57 Å². The van der Waals surface area contributed by atoms with Crippen molar-refractivity contribution in [3.8, 4) is 11.4 Å². The highest BCUT2D eigenvalue weighted by Gasteiger charge is 2.10. The molecule has 0 fully saturated rings. The molecule has 2 heterocycles. The maximum absolute atomic E-state index is 5.93. The fraction of sp³-hybridized carbons (Fsp3) is 0.222. The molecule has 0 aromatic carbocycles. The molecule has 0 aliphatic heterocycles. The zero-order valence-corrected chi connectivity index (χ0v) is 8.65. The molecule has 0 bridgehead atoms. The molecule has 0 saturated heterocycles. The molecule has 0 saturated carbocycles. The van der Waals surface area contributed by atoms with E-state index >= 15 is 0 Å². The predicted molar refractivity (Wildman–Crippen MR) is 54.0 cm³/mol. The molecule has 0 N–H and O–H groups in total. The van der Waals surface area contributed by atoms with Gasteiger partial charge in [-0.15, -0.1) is 0 Å². The number of hydrogen-bond donors (Lipinski definition) is 0. The summed E-state index contributed by atoms with van der Waals surface area (Å²) in [5.41, 5.74) is 1.54. The summed E-state index contributed by atoms with van der Waals surface area (Å²) in [5.74, 6) is 0.918. The van der Waals surface area contributed by atoms with Gasteiger partial charge in [-0.1, -0.05) is 11.6 Å². The van der Waals surface area contributed by atoms with E-state index in [1.54, 1.807) is 18.6 Å². The maximum atomic E-state index is 5.93. The van der Waals surface area contributed by atoms with Crippen LogP contribution in [0.3, 0.4) is 0 Å². The minimum absolute atomic E-state index is 0.399. The summed E-state index contributed by atoms with van der Waals surface area (Å²) in [7, 11) is 1.92. The Bertz CT molecular complexity index is 464. The lowest BCUT2D eigenvalue weighted by atomic mass is 10.3. The number of halogens is 1. The average Bonchev–Trinajstić information content (AvgIpc) is 2.49. The lowest BCUT2D eigenvalue weighted by Crippen LogP contribution is -1.96. The van der Waals surface area contributed by atoms with Gasteiger partial charge >= 0.3 is 0 Å². The van der Waals surface area contributed by atoms with Crippen molar-refractivity contribution in [2.45, 2.75) is 6.92 Å². The van der Waals surface area contributed by atoms with Crippen LogP contribution in [0.2, 0.25) is 5.15 Å². The number of imidazole rings is 1. The van der Waals surface area contributed by atoms with Crippen molar-refractivity contribution in [2.24, 2.45) is 7.05 Å². The van der Waals surface area contributed by atoms with E-state index in [2.05, 4.69) is 15.0 Å². The summed E-state index contributed by atoms with van der Waals surface area (Å²) in [6.07, 6.45) is 4.92. The fourth-order valence-electron chi connectivity index (χ4n) is 1.21. The molecule has 2 aromatic heterocycles. The van der Waals surface area contributed by atoms with E-state index in [0.29, 0.717) is 10.8 Å². The van der Waals surface area contributed by atoms with E-state index in [-0.39, 0.29) is 0 Å². The molecule has 4 nitrogen and oxygen atoms in total. The molecule has 2 aromatic rings. The Hall–Kier alpha value is -1.42. The molecular weight excluding hydrogens is 200 g/mol. The highest BCUT2D eigenvalue weighted by Crippen LogP contribution is 2.22. The van der Waals surface area contributed by atoms with Crippen molar-refractivity contribution >= 4 is 11.6 Å². The first-order valence-corrected chi connectivity index (χ1v) is 4.53. The van der Waals surface area contributed by atoms with Crippen molar-refractivity contribution in [2.75, 3.05) is 0 Å². The van der Waals surface area contributed by atoms with Crippen molar-refractivity contribution in [3.63, 3.8) is 0 Å². The van der Waals surface area contributed by atoms with Gasteiger partial charge in [0.05, 0.1) is 11.9 Å². The maximum Gasteiger partial charge on any atom is 0.156 e. The number of aromatic nitrogens is 4. The topological polar surface area (TPSA) is 43.6 Å². The van der Waals surface area contributed by atoms with Crippen LogP contribution in [0.5, 0.6) is 0 Å². The second kappa shape index (κ2) is 3.38. The highest BCUT2D eigenvalue weighted by atomic mass is 35.5. The Labute approximate surface area is 86.6 Å². The third-order valence-electron chi connectivity index (χ3n) is 2.12. The summed E-state index contributed by atoms with van der Waals surface area (Å²) in [6, 6.07) is 0. The number of hydrogen-bond acceptors (Lipinski definition) is 3. The largest absolute Gasteiger partial charge is 0.330 e. The first-order valence-electron chi connectivity index (χ1n) is 4.15. The number of nitrogens with zero attached hydrogens (tertiary/aromatic N) is 4. The molecule has 0 aliphatic rings. The van der Waals surface area contributed by atoms with Crippen LogP contribution in [0.25, 0.3) is 11.4 Å². The molecule has 0 radical (unpaired) electrons. The van der Waals surface area contributed by atoms with Gasteiger partial charge in [0.25, 0.3) is 0 Å². The summed E-state index contributed by atoms with van der Waals surface area (Å²) in [6.45, 7) is 1.92. The summed E-state index contributed by atoms with van der Waals surface area (Å²) >= 11 is 5.93. The quantitative estimate of drug-likeness (QED) is 0.718. The standard InChI is InChI=1S/C9H9ClN4/c1-6-13-5-7(14(6)2)8-9(10)12-4-3-11-8/h3-5H,1-2H3. The van der Waals surface area contributed by atoms with Crippen LogP contribution in [0.4, 0.5) is 0 Å². The molecule has 0 amide bonds. The highest BCUT2D eigenvalue weighted by molar-refractivity contribution is 6.31. The van der Waals surface area contributed by atoms with Crippen molar-refractivity contribution in [1.82, 2.24) is 19.5 Å². The van der Waals surface area contributed by atoms with Gasteiger partial charge in [-0.05, 0) is 6.92 Å². The summed E-state index contributed by atoms with van der Waals surface area (Å²) in [4.78, 5) is 12.3. The SMILES string of the molecule is Cc1ncc(-c2nccnc2Cl)n1C. The lowest BCUT2D eigenvalue weighted by Gasteiger charge is -2.03. The first-order chi connectivity index (χ1) is 6.70. The third kappa shape index (κ3) is 1.37. The van der Waals surface area contributed by atoms with Gasteiger partial charge in [-0.2, -0.15) is 0 Å². The van der Waals surface area contributed by atoms with Crippen LogP contribution in [0, 0.1) is 6.92 Å². The summed E-state index contributed by atoms with van der Waals surface area (Å²) < 4.78 is 1.93. The van der Waals surface area contributed by atoms with E-state index < -0.39 is 0 Å². The molecule has 0 unspecified atom stereocenters. The zero-order chi connectivity index (χ0) is 10.1. The van der Waals surface area contributed by atoms with E-state index in [0.717, 1.165) is 11.5 Å². The minimum atomic E-state index is 0.399. The van der Waals surface area contributed by atoms with Crippen LogP contribution in [-0.4, -0.2) is 19.5 Å². The Balaban J connectivity index is 2.60. The number of rotatable bonds is 1. The molecule has 14 heavy (non-hydrogen) atoms. The molecule has 5 heteroatoms. The van der Waals surface area contributed by atoms with Gasteiger partial charge in [-0.25, -0.2) is 15.0 Å². The Morgan fingerprint density at radius 1 is 1.21 bits per heavy atom. The second-order valence-corrected chi connectivity index (χ2v) is 3.30. The van der Waals surface area contributed by atoms with Crippen LogP contribution >= 0.6 is 11.6 Å². The zero-order valence-electron chi connectivity index (χ0n) is 7.90. The van der Waals surface area contributed by atoms with Crippen LogP contribution < -0.4 is 0 Å². The van der Waals surface area contributed by atoms with Gasteiger partial charge in [0.2, 0.25) is 0 Å². The Morgan fingerprint density at radius 3 is 2.50 bits per heavy atom. The van der Waals surface area contributed by atoms with Crippen molar-refractivity contribution in [3.05, 3.63) is 29.6 Å². The first kappa shape index (κ1) is 9.15. The lowest BCUT2D eigenvalue weighted by molar-refractivity contribution is 0.860. The summed E-state index contributed by atoms with van der Waals surface area (Å²) in [5, 5.41) is 0.399. The average molecular weight is 209 g/mol. The normalized spacial score (nSPS) is 10.5. The van der Waals surface area contributed by atoms with Gasteiger partial charge in [0.1, 0.15) is 11.5 Å². The van der Waals surface area contributed by atoms with Crippen molar-refractivity contribution < 1.29 is 0 Å². The van der Waals surface area contributed by atoms with Crippen LogP contribution in [0.15, 0.2) is 18.6 Å². The predicted octanol–water partition coefficient (Wildman–Crippen LogP) is 1.84. The molecule has 72 valence electrons. The van der Waals surface area contributed by atoms with Crippen molar-refractivity contribution in [1.29, 1.82) is 0 Å². The van der Waals surface area contributed by atoms with Gasteiger partial charge in [0.15, 0.2) is 5.15 Å². The van der Waals surface area contributed by atoms with E-state index in [4.69, 9.17) is 11.6 Å². The Morgan fingerprint density at radius 2 is 1.93 bits per heavy atom. The van der Waals surface area contributed by atoms with Gasteiger partial charge in [-0.3, -0.25) is 0 Å². The Kier molecular flexibility index (Phi) is 2.21.